The van der Waals surface area contributed by atoms with Gasteiger partial charge in [0.25, 0.3) is 0 Å². The van der Waals surface area contributed by atoms with E-state index >= 15 is 0 Å². The molecule has 2 aromatic rings. The van der Waals surface area contributed by atoms with E-state index in [0.717, 1.165) is 11.5 Å². The van der Waals surface area contributed by atoms with Crippen molar-refractivity contribution in [2.75, 3.05) is 6.61 Å². The minimum Gasteiger partial charge on any atom is -0.475 e. The van der Waals surface area contributed by atoms with Crippen LogP contribution in [-0.2, 0) is 4.74 Å². The Morgan fingerprint density at radius 3 is 2.41 bits per heavy atom. The number of rotatable bonds is 6. The van der Waals surface area contributed by atoms with Crippen LogP contribution in [0.4, 0.5) is 0 Å². The third kappa shape index (κ3) is 4.12. The standard InChI is InChI=1S/C18H17NO3/c1-3-8-15(9-4-1)20-13-7-12-17-19-18(14-21-17)22-16-10-5-2-6-11-16/h1-11,13,18H,12,14H2. The second-order valence-corrected chi connectivity index (χ2v) is 4.73. The van der Waals surface area contributed by atoms with E-state index in [9.17, 15) is 0 Å². The summed E-state index contributed by atoms with van der Waals surface area (Å²) in [6, 6.07) is 19.2. The monoisotopic (exact) mass is 295 g/mol. The first-order valence-electron chi connectivity index (χ1n) is 7.18. The predicted octanol–water partition coefficient (Wildman–Crippen LogP) is 3.80. The van der Waals surface area contributed by atoms with Crippen molar-refractivity contribution in [2.45, 2.75) is 12.6 Å². The van der Waals surface area contributed by atoms with Gasteiger partial charge in [-0.2, -0.15) is 0 Å². The molecule has 1 heterocycles. The van der Waals surface area contributed by atoms with E-state index < -0.39 is 0 Å². The zero-order chi connectivity index (χ0) is 15.0. The average Bonchev–Trinajstić information content (AvgIpc) is 3.01. The maximum Gasteiger partial charge on any atom is 0.226 e. The van der Waals surface area contributed by atoms with Crippen LogP contribution < -0.4 is 9.47 Å². The van der Waals surface area contributed by atoms with Crippen molar-refractivity contribution < 1.29 is 14.2 Å². The summed E-state index contributed by atoms with van der Waals surface area (Å²) in [6.45, 7) is 0.442. The zero-order valence-electron chi connectivity index (χ0n) is 12.1. The van der Waals surface area contributed by atoms with Gasteiger partial charge in [0.2, 0.25) is 6.23 Å². The van der Waals surface area contributed by atoms with Crippen LogP contribution in [-0.4, -0.2) is 18.7 Å². The number of hydrogen-bond acceptors (Lipinski definition) is 4. The fourth-order valence-corrected chi connectivity index (χ4v) is 2.01. The Bertz CT molecular complexity index is 638. The molecule has 22 heavy (non-hydrogen) atoms. The average molecular weight is 295 g/mol. The molecule has 1 unspecified atom stereocenters. The van der Waals surface area contributed by atoms with E-state index in [0.29, 0.717) is 18.9 Å². The maximum absolute atomic E-state index is 5.71. The largest absolute Gasteiger partial charge is 0.475 e. The third-order valence-corrected chi connectivity index (χ3v) is 3.03. The molecule has 4 heteroatoms. The highest BCUT2D eigenvalue weighted by Crippen LogP contribution is 2.16. The topological polar surface area (TPSA) is 40.0 Å². The van der Waals surface area contributed by atoms with Crippen LogP contribution in [0.3, 0.4) is 0 Å². The van der Waals surface area contributed by atoms with Crippen molar-refractivity contribution in [3.8, 4) is 11.5 Å². The SMILES string of the molecule is C(=COc1ccccc1)CC1=NC(Oc2ccccc2)CO1. The first kappa shape index (κ1) is 14.2. The summed E-state index contributed by atoms with van der Waals surface area (Å²) in [4.78, 5) is 4.39. The highest BCUT2D eigenvalue weighted by molar-refractivity contribution is 5.78. The minimum atomic E-state index is -0.277. The number of nitrogens with zero attached hydrogens (tertiary/aromatic N) is 1. The van der Waals surface area contributed by atoms with Gasteiger partial charge in [-0.25, -0.2) is 4.99 Å². The van der Waals surface area contributed by atoms with Crippen LogP contribution >= 0.6 is 0 Å². The smallest absolute Gasteiger partial charge is 0.226 e. The van der Waals surface area contributed by atoms with Crippen molar-refractivity contribution in [3.63, 3.8) is 0 Å². The van der Waals surface area contributed by atoms with Gasteiger partial charge in [0.1, 0.15) is 18.1 Å². The molecule has 0 saturated carbocycles. The third-order valence-electron chi connectivity index (χ3n) is 3.03. The van der Waals surface area contributed by atoms with Gasteiger partial charge in [-0.3, -0.25) is 0 Å². The second kappa shape index (κ2) is 7.31. The van der Waals surface area contributed by atoms with Gasteiger partial charge >= 0.3 is 0 Å². The molecule has 0 aromatic heterocycles. The van der Waals surface area contributed by atoms with Crippen LogP contribution in [0.5, 0.6) is 11.5 Å². The highest BCUT2D eigenvalue weighted by Gasteiger charge is 2.19. The van der Waals surface area contributed by atoms with E-state index in [1.165, 1.54) is 0 Å². The fraction of sp³-hybridized carbons (Fsp3) is 0.167. The lowest BCUT2D eigenvalue weighted by molar-refractivity contribution is 0.160. The molecule has 0 N–H and O–H groups in total. The molecule has 0 fully saturated rings. The molecule has 0 spiro atoms. The van der Waals surface area contributed by atoms with Gasteiger partial charge in [0, 0.05) is 6.42 Å². The Balaban J connectivity index is 1.46. The number of para-hydroxylation sites is 2. The van der Waals surface area contributed by atoms with Gasteiger partial charge < -0.3 is 14.2 Å². The van der Waals surface area contributed by atoms with Crippen molar-refractivity contribution in [2.24, 2.45) is 4.99 Å². The molecule has 3 rings (SSSR count). The molecular formula is C18H17NO3. The molecule has 1 aliphatic rings. The summed E-state index contributed by atoms with van der Waals surface area (Å²) in [7, 11) is 0. The summed E-state index contributed by atoms with van der Waals surface area (Å²) in [5, 5.41) is 0. The summed E-state index contributed by atoms with van der Waals surface area (Å²) in [6.07, 6.45) is 3.82. The van der Waals surface area contributed by atoms with E-state index in [-0.39, 0.29) is 6.23 Å². The van der Waals surface area contributed by atoms with Gasteiger partial charge in [0.15, 0.2) is 5.90 Å². The number of ether oxygens (including phenoxy) is 3. The molecule has 0 saturated heterocycles. The number of hydrogen-bond donors (Lipinski definition) is 0. The quantitative estimate of drug-likeness (QED) is 0.761. The zero-order valence-corrected chi connectivity index (χ0v) is 12.1. The first-order chi connectivity index (χ1) is 10.9. The van der Waals surface area contributed by atoms with Crippen molar-refractivity contribution >= 4 is 5.90 Å². The van der Waals surface area contributed by atoms with Gasteiger partial charge in [-0.1, -0.05) is 36.4 Å². The molecule has 1 atom stereocenters. The first-order valence-corrected chi connectivity index (χ1v) is 7.18. The van der Waals surface area contributed by atoms with Crippen molar-refractivity contribution in [1.82, 2.24) is 0 Å². The Morgan fingerprint density at radius 1 is 1.00 bits per heavy atom. The lowest BCUT2D eigenvalue weighted by Gasteiger charge is -2.08. The fourth-order valence-electron chi connectivity index (χ4n) is 2.01. The Kier molecular flexibility index (Phi) is 4.72. The van der Waals surface area contributed by atoms with Gasteiger partial charge in [-0.15, -0.1) is 0 Å². The van der Waals surface area contributed by atoms with E-state index in [4.69, 9.17) is 14.2 Å². The molecule has 112 valence electrons. The number of benzene rings is 2. The highest BCUT2D eigenvalue weighted by atomic mass is 16.6. The molecule has 0 amide bonds. The molecular weight excluding hydrogens is 278 g/mol. The Morgan fingerprint density at radius 2 is 1.68 bits per heavy atom. The van der Waals surface area contributed by atoms with Crippen molar-refractivity contribution in [3.05, 3.63) is 73.0 Å². The van der Waals surface area contributed by atoms with Crippen LogP contribution in [0.1, 0.15) is 6.42 Å². The Labute approximate surface area is 129 Å². The summed E-state index contributed by atoms with van der Waals surface area (Å²) in [5.41, 5.74) is 0. The summed E-state index contributed by atoms with van der Waals surface area (Å²) < 4.78 is 16.7. The van der Waals surface area contributed by atoms with Crippen LogP contribution in [0, 0.1) is 0 Å². The summed E-state index contributed by atoms with van der Waals surface area (Å²) in [5.74, 6) is 2.26. The van der Waals surface area contributed by atoms with Gasteiger partial charge in [-0.05, 0) is 30.3 Å². The summed E-state index contributed by atoms with van der Waals surface area (Å²) >= 11 is 0. The van der Waals surface area contributed by atoms with Gasteiger partial charge in [0.05, 0.1) is 6.26 Å². The minimum absolute atomic E-state index is 0.277. The number of aliphatic imine (C=N–C) groups is 1. The maximum atomic E-state index is 5.71. The Hall–Kier alpha value is -2.75. The van der Waals surface area contributed by atoms with Crippen LogP contribution in [0.25, 0.3) is 0 Å². The van der Waals surface area contributed by atoms with Crippen LogP contribution in [0.2, 0.25) is 0 Å². The lowest BCUT2D eigenvalue weighted by Crippen LogP contribution is -2.14. The van der Waals surface area contributed by atoms with E-state index in [1.54, 1.807) is 6.26 Å². The molecule has 0 bridgehead atoms. The predicted molar refractivity (Wildman–Crippen MR) is 85.1 cm³/mol. The normalized spacial score (nSPS) is 17.1. The van der Waals surface area contributed by atoms with E-state index in [2.05, 4.69) is 4.99 Å². The molecule has 0 radical (unpaired) electrons. The van der Waals surface area contributed by atoms with Crippen molar-refractivity contribution in [1.29, 1.82) is 0 Å². The van der Waals surface area contributed by atoms with Crippen LogP contribution in [0.15, 0.2) is 78.0 Å². The second-order valence-electron chi connectivity index (χ2n) is 4.73. The molecule has 0 aliphatic carbocycles. The lowest BCUT2D eigenvalue weighted by atomic mass is 10.3. The molecule has 4 nitrogen and oxygen atoms in total. The van der Waals surface area contributed by atoms with E-state index in [1.807, 2.05) is 66.7 Å². The molecule has 2 aromatic carbocycles. The molecule has 1 aliphatic heterocycles.